The van der Waals surface area contributed by atoms with Crippen LogP contribution in [0.25, 0.3) is 0 Å². The fraction of sp³-hybridized carbons (Fsp3) is 1.00. The predicted octanol–water partition coefficient (Wildman–Crippen LogP) is 8.03. The molecule has 224 valence electrons. The summed E-state index contributed by atoms with van der Waals surface area (Å²) in [5.74, 6) is 0.803. The van der Waals surface area contributed by atoms with Gasteiger partial charge in [-0.15, -0.1) is 0 Å². The number of rotatable bonds is 3. The van der Waals surface area contributed by atoms with E-state index >= 15 is 0 Å². The molecule has 0 radical (unpaired) electrons. The van der Waals surface area contributed by atoms with Crippen LogP contribution in [0.1, 0.15) is 110 Å². The summed E-state index contributed by atoms with van der Waals surface area (Å²) in [7, 11) is 0. The topological polar surface area (TPSA) is 9.72 Å². The van der Waals surface area contributed by atoms with E-state index in [0.717, 1.165) is 58.5 Å². The van der Waals surface area contributed by atoms with Gasteiger partial charge in [-0.05, 0) is 122 Å². The molecule has 37 heavy (non-hydrogen) atoms. The molecule has 0 aromatic carbocycles. The second kappa shape index (κ2) is 14.9. The van der Waals surface area contributed by atoms with Gasteiger partial charge in [0.2, 0.25) is 0 Å². The Morgan fingerprint density at radius 3 is 0.757 bits per heavy atom. The van der Waals surface area contributed by atoms with Crippen LogP contribution in [0, 0.1) is 17.8 Å². The molecule has 0 N–H and O–H groups in total. The van der Waals surface area contributed by atoms with Crippen LogP contribution < -0.4 is 0 Å². The minimum atomic E-state index is -0.641. The smallest absolute Gasteiger partial charge is 0.101 e. The highest BCUT2D eigenvalue weighted by molar-refractivity contribution is 4.88. The molecule has 3 nitrogen and oxygen atoms in total. The number of alkyl halides is 3. The maximum absolute atomic E-state index is 12.9. The summed E-state index contributed by atoms with van der Waals surface area (Å²) in [6.07, 6.45) is 1.14. The van der Waals surface area contributed by atoms with Crippen molar-refractivity contribution in [1.82, 2.24) is 14.7 Å². The van der Waals surface area contributed by atoms with Crippen molar-refractivity contribution in [3.05, 3.63) is 0 Å². The normalized spacial score (nSPS) is 28.5. The molecule has 3 rings (SSSR count). The van der Waals surface area contributed by atoms with Gasteiger partial charge >= 0.3 is 0 Å². The molecular formula is C31H64F3N3. The van der Waals surface area contributed by atoms with Crippen molar-refractivity contribution in [2.24, 2.45) is 17.8 Å². The second-order valence-electron chi connectivity index (χ2n) is 14.5. The molecule has 3 fully saturated rings. The summed E-state index contributed by atoms with van der Waals surface area (Å²) < 4.78 is 38.8. The van der Waals surface area contributed by atoms with Crippen LogP contribution in [-0.4, -0.2) is 89.1 Å². The molecule has 0 spiro atoms. The Morgan fingerprint density at radius 1 is 0.486 bits per heavy atom. The van der Waals surface area contributed by atoms with Gasteiger partial charge in [0.1, 0.15) is 18.5 Å². The lowest BCUT2D eigenvalue weighted by atomic mass is 10.0. The Hall–Kier alpha value is -0.330. The summed E-state index contributed by atoms with van der Waals surface area (Å²) in [5, 5.41) is 0. The van der Waals surface area contributed by atoms with Crippen LogP contribution >= 0.6 is 0 Å². The molecule has 0 saturated carbocycles. The number of nitrogens with zero attached hydrogens (tertiary/aromatic N) is 3. The van der Waals surface area contributed by atoms with Gasteiger partial charge in [0.15, 0.2) is 0 Å². The van der Waals surface area contributed by atoms with Gasteiger partial charge in [-0.25, -0.2) is 13.2 Å². The van der Waals surface area contributed by atoms with Crippen LogP contribution in [0.3, 0.4) is 0 Å². The highest BCUT2D eigenvalue weighted by Gasteiger charge is 2.34. The number of hydrogen-bond acceptors (Lipinski definition) is 3. The van der Waals surface area contributed by atoms with Crippen molar-refractivity contribution >= 4 is 0 Å². The molecule has 0 amide bonds. The quantitative estimate of drug-likeness (QED) is 0.362. The van der Waals surface area contributed by atoms with E-state index in [1.807, 2.05) is 0 Å². The van der Waals surface area contributed by atoms with Gasteiger partial charge in [0, 0.05) is 54.0 Å². The van der Waals surface area contributed by atoms with Crippen molar-refractivity contribution in [3.8, 4) is 0 Å². The van der Waals surface area contributed by atoms with E-state index in [0.29, 0.717) is 0 Å². The van der Waals surface area contributed by atoms with Crippen molar-refractivity contribution in [3.63, 3.8) is 0 Å². The van der Waals surface area contributed by atoms with E-state index in [4.69, 9.17) is 0 Å². The zero-order valence-corrected chi connectivity index (χ0v) is 25.8. The lowest BCUT2D eigenvalue weighted by molar-refractivity contribution is 0.154. The zero-order valence-electron chi connectivity index (χ0n) is 25.8. The molecule has 3 aliphatic heterocycles. The van der Waals surface area contributed by atoms with Crippen molar-refractivity contribution in [2.75, 3.05) is 39.3 Å². The average molecular weight is 536 g/mol. The summed E-state index contributed by atoms with van der Waals surface area (Å²) >= 11 is 0. The maximum atomic E-state index is 12.9. The molecular weight excluding hydrogens is 471 g/mol. The molecule has 0 aromatic heterocycles. The molecule has 3 heterocycles. The molecule has 6 heteroatoms. The van der Waals surface area contributed by atoms with E-state index < -0.39 is 18.5 Å². The molecule has 0 aliphatic carbocycles. The number of likely N-dealkylation sites (tertiary alicyclic amines) is 3. The van der Waals surface area contributed by atoms with Gasteiger partial charge in [-0.1, -0.05) is 7.43 Å². The molecule has 3 aliphatic rings. The monoisotopic (exact) mass is 536 g/mol. The van der Waals surface area contributed by atoms with Gasteiger partial charge in [0.05, 0.1) is 0 Å². The van der Waals surface area contributed by atoms with Crippen LogP contribution in [0.2, 0.25) is 0 Å². The molecule has 4 unspecified atom stereocenters. The van der Waals surface area contributed by atoms with Crippen molar-refractivity contribution in [2.45, 2.75) is 145 Å². The largest absolute Gasteiger partial charge is 0.298 e. The first-order valence-electron chi connectivity index (χ1n) is 14.4. The zero-order chi connectivity index (χ0) is 28.1. The first-order chi connectivity index (χ1) is 16.2. The van der Waals surface area contributed by atoms with Crippen LogP contribution in [0.4, 0.5) is 13.2 Å². The first-order valence-corrected chi connectivity index (χ1v) is 14.4. The Morgan fingerprint density at radius 2 is 0.676 bits per heavy atom. The van der Waals surface area contributed by atoms with Gasteiger partial charge in [-0.3, -0.25) is 14.7 Å². The van der Waals surface area contributed by atoms with Crippen molar-refractivity contribution < 1.29 is 13.2 Å². The van der Waals surface area contributed by atoms with Gasteiger partial charge in [-0.2, -0.15) is 0 Å². The Labute approximate surface area is 229 Å². The predicted molar refractivity (Wildman–Crippen MR) is 157 cm³/mol. The third kappa shape index (κ3) is 12.6. The summed E-state index contributed by atoms with van der Waals surface area (Å²) in [4.78, 5) is 7.11. The average Bonchev–Trinajstić information content (AvgIpc) is 3.47. The van der Waals surface area contributed by atoms with E-state index in [1.165, 1.54) is 0 Å². The van der Waals surface area contributed by atoms with E-state index in [9.17, 15) is 13.2 Å². The SMILES string of the molecule is C.CC(F)C1CCN(C(C)(C)C)C1.CC(F)[C@@H]1CCN(C(C)(C)C)C1.CC(F)[C@H]1CCN(C(C)(C)C)C1. The maximum Gasteiger partial charge on any atom is 0.101 e. The minimum Gasteiger partial charge on any atom is -0.298 e. The van der Waals surface area contributed by atoms with E-state index in [2.05, 4.69) is 77.0 Å². The summed E-state index contributed by atoms with van der Waals surface area (Å²) in [6.45, 7) is 30.7. The number of hydrogen-bond donors (Lipinski definition) is 0. The number of halogens is 3. The van der Waals surface area contributed by atoms with Crippen molar-refractivity contribution in [1.29, 1.82) is 0 Å². The third-order valence-electron chi connectivity index (χ3n) is 8.47. The molecule has 6 atom stereocenters. The standard InChI is InChI=1S/3C10H20FN.CH4/c3*1-8(11)9-5-6-12(7-9)10(2,3)4;/h3*8-9H,5-7H2,1-4H3;1H4/t2*8?,9-;;/m10../s1. The van der Waals surface area contributed by atoms with Crippen LogP contribution in [-0.2, 0) is 0 Å². The highest BCUT2D eigenvalue weighted by Crippen LogP contribution is 2.29. The fourth-order valence-corrected chi connectivity index (χ4v) is 5.31. The Kier molecular flexibility index (Phi) is 14.8. The minimum absolute atomic E-state index is 0. The van der Waals surface area contributed by atoms with Gasteiger partial charge in [0.25, 0.3) is 0 Å². The van der Waals surface area contributed by atoms with Crippen LogP contribution in [0.5, 0.6) is 0 Å². The fourth-order valence-electron chi connectivity index (χ4n) is 5.31. The van der Waals surface area contributed by atoms with E-state index in [-0.39, 0.29) is 41.8 Å². The lowest BCUT2D eigenvalue weighted by Gasteiger charge is -2.31. The molecule has 0 bridgehead atoms. The van der Waals surface area contributed by atoms with Gasteiger partial charge < -0.3 is 0 Å². The summed E-state index contributed by atoms with van der Waals surface area (Å²) in [5.41, 5.74) is 0.636. The Balaban J connectivity index is 0.000000518. The Bertz CT molecular complexity index is 531. The second-order valence-corrected chi connectivity index (χ2v) is 14.5. The molecule has 0 aromatic rings. The first kappa shape index (κ1) is 36.7. The third-order valence-corrected chi connectivity index (χ3v) is 8.47. The van der Waals surface area contributed by atoms with Crippen LogP contribution in [0.15, 0.2) is 0 Å². The van der Waals surface area contributed by atoms with E-state index in [1.54, 1.807) is 20.8 Å². The molecule has 3 saturated heterocycles. The lowest BCUT2D eigenvalue weighted by Crippen LogP contribution is -2.39. The summed E-state index contributed by atoms with van der Waals surface area (Å²) in [6, 6.07) is 0. The highest BCUT2D eigenvalue weighted by atomic mass is 19.1.